The first-order valence-corrected chi connectivity index (χ1v) is 39.5. The van der Waals surface area contributed by atoms with E-state index in [1.165, 1.54) is 0 Å². The Morgan fingerprint density at radius 1 is 0.354 bits per heavy atom. The van der Waals surface area contributed by atoms with Gasteiger partial charge in [0.1, 0.15) is 17.2 Å². The van der Waals surface area contributed by atoms with E-state index in [0.717, 1.165) is 88.7 Å². The molecule has 3 amide bonds. The van der Waals surface area contributed by atoms with Crippen LogP contribution in [0.4, 0.5) is 14.4 Å². The third-order valence-electron chi connectivity index (χ3n) is 15.9. The summed E-state index contributed by atoms with van der Waals surface area (Å²) >= 11 is 0. The van der Waals surface area contributed by atoms with Crippen LogP contribution in [0.25, 0.3) is 78.6 Å². The summed E-state index contributed by atoms with van der Waals surface area (Å²) in [5, 5.41) is 8.69. The van der Waals surface area contributed by atoms with Crippen LogP contribution in [0, 0.1) is 27.7 Å². The summed E-state index contributed by atoms with van der Waals surface area (Å²) in [5.74, 6) is 1.13. The largest absolute Gasteiger partial charge is 0.500 e. The Labute approximate surface area is 567 Å². The summed E-state index contributed by atoms with van der Waals surface area (Å²) < 4.78 is 71.9. The van der Waals surface area contributed by atoms with Crippen molar-refractivity contribution in [3.63, 3.8) is 0 Å². The molecule has 8 rings (SSSR count). The standard InChI is InChI=1S/C71H97N7O15Si3/c1-14-82-94(83-15-2,84-16-3)41-23-38-72-69(79)91-53-28-26-52(27-29-53)66-58-34-36-62(77-58)67(64-48(10)44-54(45-49(64)11)92-70(80)73-39-24-42-95(85-17-4,86-18-5)87-19-6)60-32-30-56(75-60)57-31-33-61(76-57)68(63-37-35-59(66)78-63)65-50(12)46-55(47-51(65)13)93-71(81)74-40-25-43-96(88-20-7,89-21-8)90-22-9/h26-37,44-47,75-77H,14-25,38-43H2,1-13H3,(H,72,79)(H,73,80)(H,74,81). The van der Waals surface area contributed by atoms with Gasteiger partial charge in [0.15, 0.2) is 0 Å². The smallest absolute Gasteiger partial charge is 0.410 e. The minimum absolute atomic E-state index is 0.331. The zero-order chi connectivity index (χ0) is 68.8. The minimum Gasteiger partial charge on any atom is -0.410 e. The molecule has 6 N–H and O–H groups in total. The number of H-pyrrole nitrogens is 3. The topological polar surface area (TPSA) is 258 Å². The summed E-state index contributed by atoms with van der Waals surface area (Å²) in [5.41, 5.74) is 14.8. The Kier molecular flexibility index (Phi) is 27.6. The lowest BCUT2D eigenvalue weighted by Crippen LogP contribution is -2.46. The molecule has 1 aliphatic rings. The van der Waals surface area contributed by atoms with Crippen LogP contribution in [0.3, 0.4) is 0 Å². The molecule has 0 aliphatic carbocycles. The van der Waals surface area contributed by atoms with Crippen molar-refractivity contribution in [2.24, 2.45) is 0 Å². The van der Waals surface area contributed by atoms with Crippen LogP contribution < -0.4 is 30.2 Å². The van der Waals surface area contributed by atoms with Gasteiger partial charge in [0.25, 0.3) is 0 Å². The molecule has 5 heterocycles. The number of hydrogen-bond acceptors (Lipinski definition) is 16. The van der Waals surface area contributed by atoms with Crippen molar-refractivity contribution >= 4 is 89.9 Å². The van der Waals surface area contributed by atoms with Crippen molar-refractivity contribution < 1.29 is 68.4 Å². The van der Waals surface area contributed by atoms with Crippen molar-refractivity contribution in [3.05, 3.63) is 119 Å². The highest BCUT2D eigenvalue weighted by atomic mass is 28.4. The van der Waals surface area contributed by atoms with E-state index in [1.54, 1.807) is 12.1 Å². The van der Waals surface area contributed by atoms with Gasteiger partial charge in [-0.3, -0.25) is 0 Å². The number of aromatic amines is 3. The normalized spacial score (nSPS) is 12.2. The number of aromatic nitrogens is 4. The van der Waals surface area contributed by atoms with E-state index < -0.39 is 44.7 Å². The SMILES string of the molecule is CCO[Si](CCCNC(=O)Oc1ccc(-c2c3nc(c(-c4c(C)cc(OC(=O)NCCC[Si](OCC)(OCC)OCC)cc4C)c4ccc([nH]4)c4ccc([nH]4)c(-c4c(C)cc(OC(=O)NCCC[Si](OCC)(OCC)OCC)cc4C)c4ccc2[nH]4)C=C3)cc1)(OCC)OCC. The highest BCUT2D eigenvalue weighted by Crippen LogP contribution is 2.41. The maximum absolute atomic E-state index is 13.4. The lowest BCUT2D eigenvalue weighted by Gasteiger charge is -2.28. The molecule has 0 unspecified atom stereocenters. The van der Waals surface area contributed by atoms with E-state index in [4.69, 9.17) is 59.0 Å². The average Bonchev–Trinajstić information content (AvgIpc) is 1.29. The molecule has 0 saturated carbocycles. The molecule has 7 aromatic rings. The third-order valence-corrected chi connectivity index (χ3v) is 25.4. The zero-order valence-electron chi connectivity index (χ0n) is 58.0. The van der Waals surface area contributed by atoms with Crippen LogP contribution in [-0.2, 0) is 39.8 Å². The van der Waals surface area contributed by atoms with Gasteiger partial charge in [0, 0.05) is 136 Å². The molecule has 518 valence electrons. The monoisotopic (exact) mass is 1370 g/mol. The molecule has 0 saturated heterocycles. The Morgan fingerprint density at radius 3 is 0.979 bits per heavy atom. The summed E-state index contributed by atoms with van der Waals surface area (Å²) in [6.45, 7) is 30.5. The average molecular weight is 1370 g/mol. The fourth-order valence-electron chi connectivity index (χ4n) is 12.3. The zero-order valence-corrected chi connectivity index (χ0v) is 61.0. The number of benzene rings is 3. The second kappa shape index (κ2) is 35.7. The predicted molar refractivity (Wildman–Crippen MR) is 383 cm³/mol. The molecule has 96 heavy (non-hydrogen) atoms. The van der Waals surface area contributed by atoms with Gasteiger partial charge < -0.3 is 84.9 Å². The molecule has 4 aromatic heterocycles. The fourth-order valence-corrected chi connectivity index (χ4v) is 20.2. The van der Waals surface area contributed by atoms with E-state index in [-0.39, 0.29) is 0 Å². The number of amides is 3. The Morgan fingerprint density at radius 2 is 0.635 bits per heavy atom. The van der Waals surface area contributed by atoms with Gasteiger partial charge in [-0.05, 0) is 233 Å². The number of carbonyl (C=O) groups excluding carboxylic acids is 3. The van der Waals surface area contributed by atoms with Crippen LogP contribution in [0.2, 0.25) is 18.1 Å². The van der Waals surface area contributed by atoms with Crippen molar-refractivity contribution in [2.75, 3.05) is 79.1 Å². The van der Waals surface area contributed by atoms with Gasteiger partial charge in [-0.15, -0.1) is 0 Å². The van der Waals surface area contributed by atoms with Gasteiger partial charge in [-0.1, -0.05) is 12.1 Å². The number of carbonyl (C=O) groups is 3. The molecule has 22 nitrogen and oxygen atoms in total. The molecule has 0 fully saturated rings. The summed E-state index contributed by atoms with van der Waals surface area (Å²) in [6, 6.07) is 28.8. The van der Waals surface area contributed by atoms with Crippen LogP contribution in [0.15, 0.2) is 84.9 Å². The number of nitrogens with one attached hydrogen (secondary N) is 6. The molecule has 0 radical (unpaired) electrons. The van der Waals surface area contributed by atoms with Gasteiger partial charge in [-0.25, -0.2) is 19.4 Å². The number of ether oxygens (including phenoxy) is 3. The summed E-state index contributed by atoms with van der Waals surface area (Å²) in [4.78, 5) is 56.9. The van der Waals surface area contributed by atoms with Crippen LogP contribution in [0.5, 0.6) is 17.2 Å². The van der Waals surface area contributed by atoms with Gasteiger partial charge in [0.2, 0.25) is 0 Å². The second-order valence-corrected chi connectivity index (χ2v) is 31.0. The first-order chi connectivity index (χ1) is 46.4. The lowest BCUT2D eigenvalue weighted by molar-refractivity contribution is 0.0700. The predicted octanol–water partition coefficient (Wildman–Crippen LogP) is 15.5. The van der Waals surface area contributed by atoms with Crippen LogP contribution in [0.1, 0.15) is 115 Å². The van der Waals surface area contributed by atoms with E-state index in [0.29, 0.717) is 145 Å². The quantitative estimate of drug-likeness (QED) is 0.0158. The first kappa shape index (κ1) is 74.3. The van der Waals surface area contributed by atoms with E-state index in [1.807, 2.05) is 151 Å². The van der Waals surface area contributed by atoms with Crippen molar-refractivity contribution in [3.8, 4) is 50.6 Å². The minimum atomic E-state index is -2.89. The van der Waals surface area contributed by atoms with Crippen LogP contribution >= 0.6 is 0 Å². The highest BCUT2D eigenvalue weighted by molar-refractivity contribution is 6.61. The van der Waals surface area contributed by atoms with Gasteiger partial charge in [-0.2, -0.15) is 0 Å². The van der Waals surface area contributed by atoms with Crippen LogP contribution in [-0.4, -0.2) is 144 Å². The van der Waals surface area contributed by atoms with E-state index in [9.17, 15) is 14.4 Å². The fraction of sp³-hybridized carbons (Fsp3) is 0.437. The number of aryl methyl sites for hydroxylation is 4. The van der Waals surface area contributed by atoms with Crippen molar-refractivity contribution in [1.82, 2.24) is 35.9 Å². The van der Waals surface area contributed by atoms with E-state index in [2.05, 4.69) is 55.2 Å². The molecule has 1 aliphatic heterocycles. The van der Waals surface area contributed by atoms with E-state index >= 15 is 0 Å². The maximum Gasteiger partial charge on any atom is 0.500 e. The Hall–Kier alpha value is -7.51. The molecular weight excluding hydrogens is 1280 g/mol. The van der Waals surface area contributed by atoms with Gasteiger partial charge in [0.05, 0.1) is 22.4 Å². The number of hydrogen-bond donors (Lipinski definition) is 6. The molecule has 25 heteroatoms. The second-order valence-electron chi connectivity index (χ2n) is 22.8. The molecule has 3 aromatic carbocycles. The third kappa shape index (κ3) is 19.0. The number of fused-ring (bicyclic) bond motifs is 9. The van der Waals surface area contributed by atoms with Crippen molar-refractivity contribution in [2.45, 2.75) is 127 Å². The first-order valence-electron chi connectivity index (χ1n) is 33.7. The molecular formula is C71H97N7O15Si3. The number of rotatable bonds is 36. The van der Waals surface area contributed by atoms with Crippen molar-refractivity contribution in [1.29, 1.82) is 0 Å². The summed E-state index contributed by atoms with van der Waals surface area (Å²) in [6.07, 6.45) is 4.01. The molecule has 0 spiro atoms. The summed E-state index contributed by atoms with van der Waals surface area (Å²) in [7, 11) is -8.67. The lowest BCUT2D eigenvalue weighted by atomic mass is 9.94. The van der Waals surface area contributed by atoms with Gasteiger partial charge >= 0.3 is 44.7 Å². The Balaban J connectivity index is 1.17. The number of nitrogens with zero attached hydrogens (tertiary/aromatic N) is 1. The maximum atomic E-state index is 13.4. The highest BCUT2D eigenvalue weighted by Gasteiger charge is 2.42. The molecule has 0 atom stereocenters. The Bertz CT molecular complexity index is 3810. The molecule has 8 bridgehead atoms.